The zero-order chi connectivity index (χ0) is 14.4. The van der Waals surface area contributed by atoms with Gasteiger partial charge in [0, 0.05) is 12.6 Å². The van der Waals surface area contributed by atoms with Crippen LogP contribution in [0.2, 0.25) is 0 Å². The van der Waals surface area contributed by atoms with Gasteiger partial charge in [0.25, 0.3) is 0 Å². The Morgan fingerprint density at radius 1 is 0.900 bits per heavy atom. The molecule has 2 aromatic carbocycles. The molecule has 20 heavy (non-hydrogen) atoms. The van der Waals surface area contributed by atoms with Gasteiger partial charge in [-0.2, -0.15) is 0 Å². The molecular weight excluding hydrogens is 246 g/mol. The zero-order valence-electron chi connectivity index (χ0n) is 12.5. The molecule has 2 rings (SSSR count). The molecular formula is C18H23NO. The van der Waals surface area contributed by atoms with Gasteiger partial charge in [-0.25, -0.2) is 0 Å². The maximum Gasteiger partial charge on any atom is 0.119 e. The number of nitrogens with one attached hydrogen (secondary N) is 1. The smallest absolute Gasteiger partial charge is 0.119 e. The molecule has 0 atom stereocenters. The molecule has 0 aliphatic heterocycles. The summed E-state index contributed by atoms with van der Waals surface area (Å²) in [5, 5.41) is 3.33. The minimum absolute atomic E-state index is 0.502. The van der Waals surface area contributed by atoms with Crippen LogP contribution in [0.3, 0.4) is 0 Å². The second kappa shape index (κ2) is 7.11. The van der Waals surface area contributed by atoms with Gasteiger partial charge in [-0.1, -0.05) is 55.8 Å². The van der Waals surface area contributed by atoms with Gasteiger partial charge >= 0.3 is 0 Å². The third kappa shape index (κ3) is 4.39. The van der Waals surface area contributed by atoms with Crippen molar-refractivity contribution in [2.45, 2.75) is 26.8 Å². The highest BCUT2D eigenvalue weighted by Crippen LogP contribution is 2.22. The molecule has 0 radical (unpaired) electrons. The Balaban J connectivity index is 1.91. The predicted molar refractivity (Wildman–Crippen MR) is 85.2 cm³/mol. The lowest BCUT2D eigenvalue weighted by Gasteiger charge is -2.10. The van der Waals surface area contributed by atoms with Gasteiger partial charge in [0.1, 0.15) is 12.4 Å². The summed E-state index contributed by atoms with van der Waals surface area (Å²) in [5.74, 6) is 0.923. The van der Waals surface area contributed by atoms with E-state index in [2.05, 4.69) is 62.5 Å². The fourth-order valence-electron chi connectivity index (χ4n) is 2.01. The highest BCUT2D eigenvalue weighted by molar-refractivity contribution is 5.64. The first-order valence-corrected chi connectivity index (χ1v) is 7.18. The summed E-state index contributed by atoms with van der Waals surface area (Å²) in [6.07, 6.45) is 0. The van der Waals surface area contributed by atoms with E-state index in [9.17, 15) is 0 Å². The van der Waals surface area contributed by atoms with Gasteiger partial charge in [-0.05, 0) is 30.2 Å². The lowest BCUT2D eigenvalue weighted by atomic mass is 10.0. The van der Waals surface area contributed by atoms with Crippen molar-refractivity contribution in [2.24, 2.45) is 0 Å². The van der Waals surface area contributed by atoms with Gasteiger partial charge in [0.05, 0.1) is 0 Å². The van der Waals surface area contributed by atoms with E-state index < -0.39 is 0 Å². The second-order valence-electron chi connectivity index (χ2n) is 5.35. The molecule has 0 saturated heterocycles. The van der Waals surface area contributed by atoms with Gasteiger partial charge in [-0.15, -0.1) is 0 Å². The Kier molecular flexibility index (Phi) is 5.19. The molecule has 2 heteroatoms. The largest absolute Gasteiger partial charge is 0.492 e. The van der Waals surface area contributed by atoms with E-state index in [0.29, 0.717) is 12.6 Å². The molecule has 0 aromatic heterocycles. The maximum atomic E-state index is 5.70. The number of rotatable bonds is 6. The van der Waals surface area contributed by atoms with E-state index in [1.165, 1.54) is 16.7 Å². The summed E-state index contributed by atoms with van der Waals surface area (Å²) in [4.78, 5) is 0. The standard InChI is InChI=1S/C18H23NO/c1-14(2)19-12-13-20-18-10-8-17(9-11-18)16-6-4-15(3)5-7-16/h4-11,14,19H,12-13H2,1-3H3. The van der Waals surface area contributed by atoms with Crippen LogP contribution in [-0.2, 0) is 0 Å². The van der Waals surface area contributed by atoms with Crippen LogP contribution in [0.1, 0.15) is 19.4 Å². The molecule has 0 bridgehead atoms. The predicted octanol–water partition coefficient (Wildman–Crippen LogP) is 4.04. The molecule has 1 N–H and O–H groups in total. The van der Waals surface area contributed by atoms with Crippen LogP contribution in [0, 0.1) is 6.92 Å². The molecule has 2 nitrogen and oxygen atoms in total. The lowest BCUT2D eigenvalue weighted by Crippen LogP contribution is -2.27. The lowest BCUT2D eigenvalue weighted by molar-refractivity contribution is 0.309. The maximum absolute atomic E-state index is 5.70. The Morgan fingerprint density at radius 3 is 2.00 bits per heavy atom. The number of ether oxygens (including phenoxy) is 1. The molecule has 0 heterocycles. The minimum Gasteiger partial charge on any atom is -0.492 e. The quantitative estimate of drug-likeness (QED) is 0.799. The van der Waals surface area contributed by atoms with Crippen LogP contribution >= 0.6 is 0 Å². The highest BCUT2D eigenvalue weighted by atomic mass is 16.5. The molecule has 106 valence electrons. The first kappa shape index (κ1) is 14.6. The molecule has 0 aliphatic carbocycles. The number of benzene rings is 2. The molecule has 2 aromatic rings. The summed E-state index contributed by atoms with van der Waals surface area (Å²) in [5.41, 5.74) is 3.74. The van der Waals surface area contributed by atoms with Crippen molar-refractivity contribution in [3.05, 3.63) is 54.1 Å². The Bertz CT molecular complexity index is 514. The third-order valence-electron chi connectivity index (χ3n) is 3.16. The van der Waals surface area contributed by atoms with E-state index in [-0.39, 0.29) is 0 Å². The van der Waals surface area contributed by atoms with Gasteiger partial charge in [0.2, 0.25) is 0 Å². The first-order chi connectivity index (χ1) is 9.65. The average Bonchev–Trinajstić information content (AvgIpc) is 2.45. The van der Waals surface area contributed by atoms with Crippen molar-refractivity contribution in [2.75, 3.05) is 13.2 Å². The molecule has 0 spiro atoms. The Labute approximate surface area is 121 Å². The monoisotopic (exact) mass is 269 g/mol. The van der Waals surface area contributed by atoms with E-state index in [0.717, 1.165) is 12.3 Å². The first-order valence-electron chi connectivity index (χ1n) is 7.18. The topological polar surface area (TPSA) is 21.3 Å². The van der Waals surface area contributed by atoms with Crippen LogP contribution in [0.4, 0.5) is 0 Å². The van der Waals surface area contributed by atoms with E-state index in [1.807, 2.05) is 12.1 Å². The minimum atomic E-state index is 0.502. The van der Waals surface area contributed by atoms with Crippen molar-refractivity contribution in [3.8, 4) is 16.9 Å². The van der Waals surface area contributed by atoms with Crippen molar-refractivity contribution in [1.82, 2.24) is 5.32 Å². The van der Waals surface area contributed by atoms with Crippen LogP contribution in [0.5, 0.6) is 5.75 Å². The van der Waals surface area contributed by atoms with Crippen molar-refractivity contribution < 1.29 is 4.74 Å². The van der Waals surface area contributed by atoms with Crippen LogP contribution < -0.4 is 10.1 Å². The van der Waals surface area contributed by atoms with Crippen molar-refractivity contribution in [3.63, 3.8) is 0 Å². The van der Waals surface area contributed by atoms with Gasteiger partial charge < -0.3 is 10.1 Å². The Hall–Kier alpha value is -1.80. The van der Waals surface area contributed by atoms with Gasteiger partial charge in [0.15, 0.2) is 0 Å². The van der Waals surface area contributed by atoms with Crippen molar-refractivity contribution >= 4 is 0 Å². The number of aryl methyl sites for hydroxylation is 1. The highest BCUT2D eigenvalue weighted by Gasteiger charge is 1.99. The number of hydrogen-bond acceptors (Lipinski definition) is 2. The molecule has 0 amide bonds. The summed E-state index contributed by atoms with van der Waals surface area (Å²) in [7, 11) is 0. The molecule has 0 fully saturated rings. The van der Waals surface area contributed by atoms with E-state index in [1.54, 1.807) is 0 Å². The van der Waals surface area contributed by atoms with E-state index in [4.69, 9.17) is 4.74 Å². The zero-order valence-corrected chi connectivity index (χ0v) is 12.5. The number of hydrogen-bond donors (Lipinski definition) is 1. The Morgan fingerprint density at radius 2 is 1.45 bits per heavy atom. The normalized spacial score (nSPS) is 10.8. The molecule has 0 unspecified atom stereocenters. The average molecular weight is 269 g/mol. The fourth-order valence-corrected chi connectivity index (χ4v) is 2.01. The van der Waals surface area contributed by atoms with Crippen LogP contribution in [-0.4, -0.2) is 19.2 Å². The second-order valence-corrected chi connectivity index (χ2v) is 5.35. The summed E-state index contributed by atoms with van der Waals surface area (Å²) in [6, 6.07) is 17.4. The van der Waals surface area contributed by atoms with Gasteiger partial charge in [-0.3, -0.25) is 0 Å². The van der Waals surface area contributed by atoms with Crippen LogP contribution in [0.25, 0.3) is 11.1 Å². The summed E-state index contributed by atoms with van der Waals surface area (Å²) >= 11 is 0. The van der Waals surface area contributed by atoms with E-state index >= 15 is 0 Å². The summed E-state index contributed by atoms with van der Waals surface area (Å²) in [6.45, 7) is 7.94. The fraction of sp³-hybridized carbons (Fsp3) is 0.333. The SMILES string of the molecule is Cc1ccc(-c2ccc(OCCNC(C)C)cc2)cc1. The van der Waals surface area contributed by atoms with Crippen molar-refractivity contribution in [1.29, 1.82) is 0 Å². The molecule has 0 saturated carbocycles. The summed E-state index contributed by atoms with van der Waals surface area (Å²) < 4.78 is 5.70. The molecule has 0 aliphatic rings. The third-order valence-corrected chi connectivity index (χ3v) is 3.16. The van der Waals surface area contributed by atoms with Crippen LogP contribution in [0.15, 0.2) is 48.5 Å².